The number of halogens is 1. The van der Waals surface area contributed by atoms with Gasteiger partial charge in [-0.2, -0.15) is 0 Å². The van der Waals surface area contributed by atoms with Crippen molar-refractivity contribution >= 4 is 22.5 Å². The molecule has 0 bridgehead atoms. The highest BCUT2D eigenvalue weighted by Gasteiger charge is 2.47. The summed E-state index contributed by atoms with van der Waals surface area (Å²) < 4.78 is 0. The van der Waals surface area contributed by atoms with E-state index < -0.39 is 0 Å². The molecule has 0 amide bonds. The molecular formula is C22H23ClN2O. The van der Waals surface area contributed by atoms with Crippen molar-refractivity contribution in [2.45, 2.75) is 24.7 Å². The average Bonchev–Trinajstić information content (AvgIpc) is 2.96. The van der Waals surface area contributed by atoms with E-state index in [-0.39, 0.29) is 5.41 Å². The maximum absolute atomic E-state index is 10.1. The Morgan fingerprint density at radius 2 is 2.12 bits per heavy atom. The van der Waals surface area contributed by atoms with Crippen molar-refractivity contribution in [3.05, 3.63) is 64.3 Å². The van der Waals surface area contributed by atoms with Crippen LogP contribution in [-0.2, 0) is 18.3 Å². The number of nitrogens with zero attached hydrogens (tertiary/aromatic N) is 1. The number of H-pyrrole nitrogens is 1. The summed E-state index contributed by atoms with van der Waals surface area (Å²) in [6.07, 6.45) is 3.17. The highest BCUT2D eigenvalue weighted by molar-refractivity contribution is 6.31. The Balaban J connectivity index is 1.68. The molecule has 1 fully saturated rings. The third kappa shape index (κ3) is 2.38. The lowest BCUT2D eigenvalue weighted by atomic mass is 9.59. The number of aromatic hydroxyl groups is 1. The summed E-state index contributed by atoms with van der Waals surface area (Å²) in [5.74, 6) is 0.900. The van der Waals surface area contributed by atoms with Crippen LogP contribution in [0.4, 0.5) is 0 Å². The maximum atomic E-state index is 10.1. The maximum Gasteiger partial charge on any atom is 0.115 e. The Morgan fingerprint density at radius 3 is 2.96 bits per heavy atom. The number of aromatic nitrogens is 1. The summed E-state index contributed by atoms with van der Waals surface area (Å²) in [5, 5.41) is 12.2. The Labute approximate surface area is 158 Å². The standard InChI is InChI=1S/C22H23ClN2O/c1-25-8-7-22(14-3-2-4-17(26)9-14)12-21-18(10-15(22)13-25)19-11-16(23)5-6-20(19)24-21/h2-6,9,11,15,24,26H,7-8,10,12-13H2,1H3/t15?,22-/m1/s1. The zero-order chi connectivity index (χ0) is 17.9. The van der Waals surface area contributed by atoms with Crippen LogP contribution in [0.3, 0.4) is 0 Å². The average molecular weight is 367 g/mol. The van der Waals surface area contributed by atoms with Crippen molar-refractivity contribution in [1.29, 1.82) is 0 Å². The van der Waals surface area contributed by atoms with Gasteiger partial charge in [0.15, 0.2) is 0 Å². The highest BCUT2D eigenvalue weighted by Crippen LogP contribution is 2.49. The number of rotatable bonds is 1. The van der Waals surface area contributed by atoms with Crippen molar-refractivity contribution < 1.29 is 5.11 Å². The fraction of sp³-hybridized carbons (Fsp3) is 0.364. The second-order valence-electron chi connectivity index (χ2n) is 8.07. The molecule has 1 aliphatic heterocycles. The molecule has 2 aromatic carbocycles. The first-order valence-corrected chi connectivity index (χ1v) is 9.70. The fourth-order valence-electron chi connectivity index (χ4n) is 5.25. The molecule has 1 aromatic heterocycles. The number of phenolic OH excluding ortho intramolecular Hbond substituents is 1. The molecule has 4 heteroatoms. The molecule has 1 aliphatic carbocycles. The topological polar surface area (TPSA) is 39.3 Å². The van der Waals surface area contributed by atoms with Crippen LogP contribution in [0, 0.1) is 5.92 Å². The molecule has 134 valence electrons. The Hall–Kier alpha value is -1.97. The number of hydrogen-bond acceptors (Lipinski definition) is 2. The van der Waals surface area contributed by atoms with Crippen LogP contribution in [0.15, 0.2) is 42.5 Å². The quantitative estimate of drug-likeness (QED) is 0.664. The van der Waals surface area contributed by atoms with Crippen LogP contribution in [0.1, 0.15) is 23.2 Å². The molecule has 1 unspecified atom stereocenters. The van der Waals surface area contributed by atoms with E-state index in [4.69, 9.17) is 11.6 Å². The number of aromatic amines is 1. The van der Waals surface area contributed by atoms with Gasteiger partial charge in [0.1, 0.15) is 5.75 Å². The van der Waals surface area contributed by atoms with Crippen LogP contribution in [0.2, 0.25) is 5.02 Å². The molecule has 2 atom stereocenters. The minimum absolute atomic E-state index is 0.0862. The third-order valence-electron chi connectivity index (χ3n) is 6.57. The van der Waals surface area contributed by atoms with Crippen LogP contribution in [-0.4, -0.2) is 35.1 Å². The number of nitrogens with one attached hydrogen (secondary N) is 1. The first-order chi connectivity index (χ1) is 12.5. The van der Waals surface area contributed by atoms with Gasteiger partial charge in [-0.15, -0.1) is 0 Å². The monoisotopic (exact) mass is 366 g/mol. The summed E-state index contributed by atoms with van der Waals surface area (Å²) in [5.41, 5.74) is 5.31. The molecule has 5 rings (SSSR count). The SMILES string of the molecule is CN1CC[C@]2(c3cccc(O)c3)Cc3[nH]c4ccc(Cl)cc4c3CC2C1. The second-order valence-corrected chi connectivity index (χ2v) is 8.50. The van der Waals surface area contributed by atoms with Gasteiger partial charge in [0, 0.05) is 33.6 Å². The van der Waals surface area contributed by atoms with E-state index in [9.17, 15) is 5.11 Å². The number of likely N-dealkylation sites (tertiary alicyclic amines) is 1. The van der Waals surface area contributed by atoms with E-state index in [0.29, 0.717) is 11.7 Å². The molecule has 2 N–H and O–H groups in total. The summed E-state index contributed by atoms with van der Waals surface area (Å²) >= 11 is 6.27. The molecule has 2 heterocycles. The van der Waals surface area contributed by atoms with Gasteiger partial charge >= 0.3 is 0 Å². The van der Waals surface area contributed by atoms with Gasteiger partial charge in [-0.3, -0.25) is 0 Å². The highest BCUT2D eigenvalue weighted by atomic mass is 35.5. The van der Waals surface area contributed by atoms with E-state index in [1.807, 2.05) is 18.2 Å². The van der Waals surface area contributed by atoms with E-state index in [2.05, 4.69) is 35.1 Å². The Morgan fingerprint density at radius 1 is 1.23 bits per heavy atom. The Kier molecular flexibility index (Phi) is 3.60. The van der Waals surface area contributed by atoms with Gasteiger partial charge in [-0.25, -0.2) is 0 Å². The summed E-state index contributed by atoms with van der Waals surface area (Å²) in [7, 11) is 2.22. The first kappa shape index (κ1) is 16.2. The molecule has 0 saturated carbocycles. The normalized spacial score (nSPS) is 25.8. The molecule has 3 aromatic rings. The van der Waals surface area contributed by atoms with Gasteiger partial charge in [0.05, 0.1) is 0 Å². The number of hydrogen-bond donors (Lipinski definition) is 2. The van der Waals surface area contributed by atoms with E-state index in [1.54, 1.807) is 6.07 Å². The van der Waals surface area contributed by atoms with Crippen LogP contribution < -0.4 is 0 Å². The summed E-state index contributed by atoms with van der Waals surface area (Å²) in [4.78, 5) is 6.10. The summed E-state index contributed by atoms with van der Waals surface area (Å²) in [6, 6.07) is 14.1. The van der Waals surface area contributed by atoms with E-state index in [1.165, 1.54) is 27.7 Å². The largest absolute Gasteiger partial charge is 0.508 e. The number of fused-ring (bicyclic) bond motifs is 4. The van der Waals surface area contributed by atoms with Crippen molar-refractivity contribution in [3.8, 4) is 5.75 Å². The van der Waals surface area contributed by atoms with Crippen LogP contribution >= 0.6 is 11.6 Å². The predicted molar refractivity (Wildman–Crippen MR) is 106 cm³/mol. The third-order valence-corrected chi connectivity index (χ3v) is 6.81. The van der Waals surface area contributed by atoms with Crippen molar-refractivity contribution in [3.63, 3.8) is 0 Å². The smallest absolute Gasteiger partial charge is 0.115 e. The lowest BCUT2D eigenvalue weighted by molar-refractivity contribution is 0.0994. The zero-order valence-electron chi connectivity index (χ0n) is 14.9. The van der Waals surface area contributed by atoms with Crippen molar-refractivity contribution in [2.75, 3.05) is 20.1 Å². The molecule has 0 radical (unpaired) electrons. The zero-order valence-corrected chi connectivity index (χ0v) is 15.7. The number of benzene rings is 2. The molecule has 3 nitrogen and oxygen atoms in total. The fourth-order valence-corrected chi connectivity index (χ4v) is 5.42. The Bertz CT molecular complexity index is 995. The molecule has 1 saturated heterocycles. The van der Waals surface area contributed by atoms with Gasteiger partial charge in [0.25, 0.3) is 0 Å². The van der Waals surface area contributed by atoms with Crippen molar-refractivity contribution in [1.82, 2.24) is 9.88 Å². The van der Waals surface area contributed by atoms with E-state index >= 15 is 0 Å². The predicted octanol–water partition coefficient (Wildman–Crippen LogP) is 4.52. The molecular weight excluding hydrogens is 344 g/mol. The van der Waals surface area contributed by atoms with Gasteiger partial charge in [-0.05, 0) is 80.2 Å². The lowest BCUT2D eigenvalue weighted by Gasteiger charge is -2.50. The summed E-state index contributed by atoms with van der Waals surface area (Å²) in [6.45, 7) is 2.18. The minimum Gasteiger partial charge on any atom is -0.508 e. The van der Waals surface area contributed by atoms with Gasteiger partial charge < -0.3 is 15.0 Å². The van der Waals surface area contributed by atoms with Crippen molar-refractivity contribution in [2.24, 2.45) is 5.92 Å². The lowest BCUT2D eigenvalue weighted by Crippen LogP contribution is -2.52. The van der Waals surface area contributed by atoms with Crippen LogP contribution in [0.25, 0.3) is 10.9 Å². The molecule has 0 spiro atoms. The number of phenols is 1. The second kappa shape index (κ2) is 5.77. The number of piperidine rings is 1. The van der Waals surface area contributed by atoms with Gasteiger partial charge in [-0.1, -0.05) is 23.7 Å². The van der Waals surface area contributed by atoms with Crippen LogP contribution in [0.5, 0.6) is 5.75 Å². The minimum atomic E-state index is 0.0862. The van der Waals surface area contributed by atoms with E-state index in [0.717, 1.165) is 37.4 Å². The molecule has 2 aliphatic rings. The first-order valence-electron chi connectivity index (χ1n) is 9.32. The van der Waals surface area contributed by atoms with Gasteiger partial charge in [0.2, 0.25) is 0 Å². The molecule has 26 heavy (non-hydrogen) atoms.